The van der Waals surface area contributed by atoms with Crippen molar-refractivity contribution in [2.45, 2.75) is 95.8 Å². The van der Waals surface area contributed by atoms with Crippen molar-refractivity contribution in [1.82, 2.24) is 0 Å². The SMILES string of the molecule is C=CC(C)(O)CCC=C(C)C(=O)OC1CC2(C)C(=COC(OC3OC(CO)C(O)C(O)C3O)C2(C)C=C)C(=O)O1. The number of hydrogen-bond acceptors (Lipinski definition) is 12. The van der Waals surface area contributed by atoms with Crippen LogP contribution in [0.5, 0.6) is 0 Å². The molecule has 0 amide bonds. The fraction of sp³-hybridized carbons (Fsp3) is 0.643. The van der Waals surface area contributed by atoms with Crippen molar-refractivity contribution in [2.24, 2.45) is 10.8 Å². The Balaban J connectivity index is 1.79. The van der Waals surface area contributed by atoms with Gasteiger partial charge in [-0.25, -0.2) is 9.59 Å². The van der Waals surface area contributed by atoms with Gasteiger partial charge >= 0.3 is 11.9 Å². The number of esters is 2. The Labute approximate surface area is 233 Å². The molecule has 2 fully saturated rings. The molecule has 12 nitrogen and oxygen atoms in total. The molecule has 0 aliphatic carbocycles. The maximum Gasteiger partial charge on any atom is 0.340 e. The Morgan fingerprint density at radius 1 is 1.23 bits per heavy atom. The van der Waals surface area contributed by atoms with Gasteiger partial charge < -0.3 is 49.2 Å². The van der Waals surface area contributed by atoms with Crippen molar-refractivity contribution in [1.29, 1.82) is 0 Å². The van der Waals surface area contributed by atoms with Crippen molar-refractivity contribution in [3.8, 4) is 0 Å². The van der Waals surface area contributed by atoms with E-state index in [2.05, 4.69) is 13.2 Å². The molecule has 5 N–H and O–H groups in total. The number of rotatable bonds is 10. The van der Waals surface area contributed by atoms with E-state index in [9.17, 15) is 35.1 Å². The van der Waals surface area contributed by atoms with Crippen LogP contribution < -0.4 is 0 Å². The number of fused-ring (bicyclic) bond motifs is 1. The van der Waals surface area contributed by atoms with Crippen LogP contribution >= 0.6 is 0 Å². The smallest absolute Gasteiger partial charge is 0.340 e. The third-order valence-electron chi connectivity index (χ3n) is 8.25. The molecule has 3 aliphatic heterocycles. The summed E-state index contributed by atoms with van der Waals surface area (Å²) in [6.45, 7) is 13.4. The van der Waals surface area contributed by atoms with Gasteiger partial charge in [-0.05, 0) is 33.6 Å². The van der Waals surface area contributed by atoms with E-state index in [0.717, 1.165) is 6.26 Å². The molecule has 0 bridgehead atoms. The Morgan fingerprint density at radius 3 is 2.50 bits per heavy atom. The van der Waals surface area contributed by atoms with Crippen LogP contribution in [0.15, 0.2) is 48.8 Å². The van der Waals surface area contributed by atoms with E-state index in [1.807, 2.05) is 0 Å². The minimum absolute atomic E-state index is 0.00912. The molecular weight excluding hydrogens is 528 g/mol. The average Bonchev–Trinajstić information content (AvgIpc) is 2.90. The monoisotopic (exact) mass is 568 g/mol. The largest absolute Gasteiger partial charge is 0.471 e. The minimum atomic E-state index is -1.68. The van der Waals surface area contributed by atoms with E-state index < -0.39 is 78.3 Å². The van der Waals surface area contributed by atoms with E-state index in [1.54, 1.807) is 33.8 Å². The van der Waals surface area contributed by atoms with E-state index in [-0.39, 0.29) is 17.6 Å². The van der Waals surface area contributed by atoms with Gasteiger partial charge in [0.25, 0.3) is 0 Å². The molecule has 10 unspecified atom stereocenters. The summed E-state index contributed by atoms with van der Waals surface area (Å²) in [5.74, 6) is -1.47. The molecule has 224 valence electrons. The molecule has 12 heteroatoms. The summed E-state index contributed by atoms with van der Waals surface area (Å²) in [5, 5.41) is 50.2. The van der Waals surface area contributed by atoms with Crippen LogP contribution in [-0.4, -0.2) is 93.0 Å². The first-order valence-electron chi connectivity index (χ1n) is 13.0. The first kappa shape index (κ1) is 31.9. The number of hydrogen-bond donors (Lipinski definition) is 5. The highest BCUT2D eigenvalue weighted by Gasteiger charge is 2.61. The van der Waals surface area contributed by atoms with Crippen LogP contribution in [0.1, 0.15) is 47.0 Å². The van der Waals surface area contributed by atoms with E-state index >= 15 is 0 Å². The molecule has 40 heavy (non-hydrogen) atoms. The van der Waals surface area contributed by atoms with Crippen molar-refractivity contribution < 1.29 is 58.8 Å². The van der Waals surface area contributed by atoms with Crippen LogP contribution in [0.25, 0.3) is 0 Å². The van der Waals surface area contributed by atoms with Crippen LogP contribution in [0.4, 0.5) is 0 Å². The number of aliphatic hydroxyl groups excluding tert-OH is 4. The molecule has 10 atom stereocenters. The predicted molar refractivity (Wildman–Crippen MR) is 139 cm³/mol. The summed E-state index contributed by atoms with van der Waals surface area (Å²) in [6, 6.07) is 0. The molecule has 0 aromatic carbocycles. The van der Waals surface area contributed by atoms with Crippen molar-refractivity contribution in [2.75, 3.05) is 6.61 Å². The normalized spacial score (nSPS) is 39.5. The van der Waals surface area contributed by atoms with Gasteiger partial charge in [-0.3, -0.25) is 0 Å². The second-order valence-corrected chi connectivity index (χ2v) is 11.1. The molecule has 3 rings (SSSR count). The van der Waals surface area contributed by atoms with Crippen LogP contribution in [-0.2, 0) is 33.3 Å². The van der Waals surface area contributed by atoms with Crippen LogP contribution in [0.2, 0.25) is 0 Å². The van der Waals surface area contributed by atoms with Crippen molar-refractivity contribution >= 4 is 11.9 Å². The van der Waals surface area contributed by atoms with Gasteiger partial charge in [0, 0.05) is 17.4 Å². The zero-order valence-electron chi connectivity index (χ0n) is 23.2. The van der Waals surface area contributed by atoms with Gasteiger partial charge in [-0.1, -0.05) is 25.2 Å². The van der Waals surface area contributed by atoms with Gasteiger partial charge in [0.15, 0.2) is 6.29 Å². The lowest BCUT2D eigenvalue weighted by atomic mass is 9.57. The van der Waals surface area contributed by atoms with E-state index in [1.165, 1.54) is 12.2 Å². The fourth-order valence-corrected chi connectivity index (χ4v) is 4.95. The van der Waals surface area contributed by atoms with Crippen molar-refractivity contribution in [3.63, 3.8) is 0 Å². The molecule has 0 radical (unpaired) electrons. The Hall–Kier alpha value is -2.58. The molecule has 3 heterocycles. The molecule has 3 aliphatic rings. The van der Waals surface area contributed by atoms with Gasteiger partial charge in [0.05, 0.1) is 29.5 Å². The number of aliphatic hydroxyl groups is 5. The summed E-state index contributed by atoms with van der Waals surface area (Å²) < 4.78 is 28.0. The summed E-state index contributed by atoms with van der Waals surface area (Å²) in [4.78, 5) is 25.7. The summed E-state index contributed by atoms with van der Waals surface area (Å²) >= 11 is 0. The molecular formula is C28H40O12. The number of carbonyl (C=O) groups is 2. The molecule has 0 saturated carbocycles. The average molecular weight is 569 g/mol. The lowest BCUT2D eigenvalue weighted by Crippen LogP contribution is -2.62. The van der Waals surface area contributed by atoms with E-state index in [4.69, 9.17) is 23.7 Å². The lowest BCUT2D eigenvalue weighted by Gasteiger charge is -2.54. The van der Waals surface area contributed by atoms with Crippen LogP contribution in [0.3, 0.4) is 0 Å². The predicted octanol–water partition coefficient (Wildman–Crippen LogP) is 0.721. The second kappa shape index (κ2) is 12.1. The number of carbonyl (C=O) groups excluding carboxylic acids is 2. The number of ether oxygens (including phenoxy) is 5. The van der Waals surface area contributed by atoms with Gasteiger partial charge in [-0.15, -0.1) is 13.2 Å². The van der Waals surface area contributed by atoms with Crippen LogP contribution in [0, 0.1) is 10.8 Å². The number of cyclic esters (lactones) is 1. The highest BCUT2D eigenvalue weighted by Crippen LogP contribution is 2.57. The Kier molecular flexibility index (Phi) is 9.67. The fourth-order valence-electron chi connectivity index (χ4n) is 4.95. The molecule has 0 aromatic rings. The zero-order valence-corrected chi connectivity index (χ0v) is 23.2. The third kappa shape index (κ3) is 6.03. The second-order valence-electron chi connectivity index (χ2n) is 11.1. The first-order valence-corrected chi connectivity index (χ1v) is 13.0. The topological polar surface area (TPSA) is 181 Å². The van der Waals surface area contributed by atoms with Gasteiger partial charge in [0.1, 0.15) is 24.4 Å². The maximum atomic E-state index is 13.0. The standard InChI is InChI=1S/C28H40O12/c1-7-26(4,35)11-9-10-15(3)22(33)38-18-12-28(6)16(23(34)39-18)14-36-25(27(28,5)8-2)40-24-21(32)20(31)19(30)17(13-29)37-24/h7-8,10,14,17-21,24-25,29-32,35H,1-2,9,11-13H2,3-6H3. The minimum Gasteiger partial charge on any atom is -0.471 e. The first-order chi connectivity index (χ1) is 18.6. The highest BCUT2D eigenvalue weighted by molar-refractivity contribution is 5.92. The lowest BCUT2D eigenvalue weighted by molar-refractivity contribution is -0.352. The third-order valence-corrected chi connectivity index (χ3v) is 8.25. The Morgan fingerprint density at radius 2 is 1.90 bits per heavy atom. The van der Waals surface area contributed by atoms with E-state index in [0.29, 0.717) is 12.8 Å². The van der Waals surface area contributed by atoms with Gasteiger partial charge in [-0.2, -0.15) is 0 Å². The van der Waals surface area contributed by atoms with Crippen molar-refractivity contribution in [3.05, 3.63) is 48.8 Å². The summed E-state index contributed by atoms with van der Waals surface area (Å²) in [6.07, 6.45) is -3.65. The number of allylic oxidation sites excluding steroid dienone is 1. The summed E-state index contributed by atoms with van der Waals surface area (Å²) in [7, 11) is 0. The molecule has 0 aromatic heterocycles. The quantitative estimate of drug-likeness (QED) is 0.142. The molecule has 0 spiro atoms. The highest BCUT2D eigenvalue weighted by atomic mass is 16.8. The molecule has 2 saturated heterocycles. The zero-order chi connectivity index (χ0) is 30.0. The summed E-state index contributed by atoms with van der Waals surface area (Å²) in [5.41, 5.74) is -2.96. The maximum absolute atomic E-state index is 13.0. The Bertz CT molecular complexity index is 1050. The van der Waals surface area contributed by atoms with Gasteiger partial charge in [0.2, 0.25) is 12.6 Å².